The molecular weight excluding hydrogens is 302 g/mol. The lowest BCUT2D eigenvalue weighted by molar-refractivity contribution is -0.0679. The van der Waals surface area contributed by atoms with Gasteiger partial charge in [0.2, 0.25) is 0 Å². The first-order valence-electron chi connectivity index (χ1n) is 7.71. The highest BCUT2D eigenvalue weighted by Gasteiger charge is 2.21. The quantitative estimate of drug-likeness (QED) is 0.818. The molecule has 0 spiro atoms. The van der Waals surface area contributed by atoms with Crippen LogP contribution in [0.4, 0.5) is 10.5 Å². The predicted octanol–water partition coefficient (Wildman–Crippen LogP) is 2.96. The van der Waals surface area contributed by atoms with Gasteiger partial charge in [0.1, 0.15) is 0 Å². The van der Waals surface area contributed by atoms with Crippen molar-refractivity contribution in [1.29, 1.82) is 0 Å². The van der Waals surface area contributed by atoms with E-state index in [1.54, 1.807) is 24.3 Å². The highest BCUT2D eigenvalue weighted by molar-refractivity contribution is 6.30. The molecule has 2 amide bonds. The highest BCUT2D eigenvalue weighted by atomic mass is 35.5. The highest BCUT2D eigenvalue weighted by Crippen LogP contribution is 2.13. The number of rotatable bonds is 5. The SMILES string of the molecule is CC1CN(CCCNC(=O)Nc2ccc(Cl)cc2)CC(C)O1. The number of halogens is 1. The van der Waals surface area contributed by atoms with Crippen molar-refractivity contribution in [3.8, 4) is 0 Å². The summed E-state index contributed by atoms with van der Waals surface area (Å²) in [4.78, 5) is 14.2. The Bertz CT molecular complexity index is 471. The summed E-state index contributed by atoms with van der Waals surface area (Å²) < 4.78 is 5.70. The van der Waals surface area contributed by atoms with Crippen molar-refractivity contribution >= 4 is 23.3 Å². The second-order valence-corrected chi connectivity index (χ2v) is 6.19. The largest absolute Gasteiger partial charge is 0.373 e. The van der Waals surface area contributed by atoms with Gasteiger partial charge >= 0.3 is 6.03 Å². The fourth-order valence-electron chi connectivity index (χ4n) is 2.68. The number of urea groups is 1. The van der Waals surface area contributed by atoms with Crippen LogP contribution in [0, 0.1) is 0 Å². The van der Waals surface area contributed by atoms with E-state index >= 15 is 0 Å². The summed E-state index contributed by atoms with van der Waals surface area (Å²) in [5.74, 6) is 0. The van der Waals surface area contributed by atoms with Crippen LogP contribution in [0.15, 0.2) is 24.3 Å². The van der Waals surface area contributed by atoms with Crippen LogP contribution in [-0.2, 0) is 4.74 Å². The zero-order valence-electron chi connectivity index (χ0n) is 13.1. The number of nitrogens with zero attached hydrogens (tertiary/aromatic N) is 1. The number of ether oxygens (including phenoxy) is 1. The number of hydrogen-bond acceptors (Lipinski definition) is 3. The van der Waals surface area contributed by atoms with Gasteiger partial charge in [-0.2, -0.15) is 0 Å². The van der Waals surface area contributed by atoms with E-state index in [2.05, 4.69) is 29.4 Å². The van der Waals surface area contributed by atoms with Crippen molar-refractivity contribution in [1.82, 2.24) is 10.2 Å². The average Bonchev–Trinajstić information content (AvgIpc) is 2.45. The van der Waals surface area contributed by atoms with Crippen molar-refractivity contribution in [3.63, 3.8) is 0 Å². The molecule has 6 heteroatoms. The zero-order valence-corrected chi connectivity index (χ0v) is 13.9. The second-order valence-electron chi connectivity index (χ2n) is 5.76. The van der Waals surface area contributed by atoms with Gasteiger partial charge in [0, 0.05) is 36.9 Å². The van der Waals surface area contributed by atoms with E-state index in [1.807, 2.05) is 0 Å². The third-order valence-electron chi connectivity index (χ3n) is 3.53. The third kappa shape index (κ3) is 5.83. The normalized spacial score (nSPS) is 22.3. The molecule has 0 radical (unpaired) electrons. The number of carbonyl (C=O) groups excluding carboxylic acids is 1. The van der Waals surface area contributed by atoms with Gasteiger partial charge in [-0.05, 0) is 44.5 Å². The van der Waals surface area contributed by atoms with E-state index in [1.165, 1.54) is 0 Å². The van der Waals surface area contributed by atoms with Crippen molar-refractivity contribution in [2.75, 3.05) is 31.5 Å². The van der Waals surface area contributed by atoms with Gasteiger partial charge in [-0.1, -0.05) is 11.6 Å². The number of nitrogens with one attached hydrogen (secondary N) is 2. The fourth-order valence-corrected chi connectivity index (χ4v) is 2.81. The summed E-state index contributed by atoms with van der Waals surface area (Å²) in [5, 5.41) is 6.30. The minimum Gasteiger partial charge on any atom is -0.373 e. The molecule has 1 heterocycles. The van der Waals surface area contributed by atoms with Crippen molar-refractivity contribution in [3.05, 3.63) is 29.3 Å². The molecular formula is C16H24ClN3O2. The van der Waals surface area contributed by atoms with Crippen LogP contribution in [0.1, 0.15) is 20.3 Å². The molecule has 2 N–H and O–H groups in total. The van der Waals surface area contributed by atoms with E-state index in [0.717, 1.165) is 31.7 Å². The summed E-state index contributed by atoms with van der Waals surface area (Å²) in [6.07, 6.45) is 1.49. The lowest BCUT2D eigenvalue weighted by Crippen LogP contribution is -2.46. The molecule has 2 atom stereocenters. The summed E-state index contributed by atoms with van der Waals surface area (Å²) in [6.45, 7) is 7.74. The molecule has 0 bridgehead atoms. The first-order chi connectivity index (χ1) is 10.5. The Morgan fingerprint density at radius 3 is 2.55 bits per heavy atom. The maximum absolute atomic E-state index is 11.8. The molecule has 1 aromatic rings. The molecule has 22 heavy (non-hydrogen) atoms. The van der Waals surface area contributed by atoms with E-state index in [-0.39, 0.29) is 18.2 Å². The lowest BCUT2D eigenvalue weighted by atomic mass is 10.2. The molecule has 1 fully saturated rings. The fraction of sp³-hybridized carbons (Fsp3) is 0.562. The van der Waals surface area contributed by atoms with E-state index in [4.69, 9.17) is 16.3 Å². The summed E-state index contributed by atoms with van der Waals surface area (Å²) in [6, 6.07) is 6.86. The van der Waals surface area contributed by atoms with E-state index < -0.39 is 0 Å². The third-order valence-corrected chi connectivity index (χ3v) is 3.79. The minimum absolute atomic E-state index is 0.189. The number of benzene rings is 1. The predicted molar refractivity (Wildman–Crippen MR) is 89.5 cm³/mol. The Hall–Kier alpha value is -1.30. The van der Waals surface area contributed by atoms with Crippen molar-refractivity contribution < 1.29 is 9.53 Å². The van der Waals surface area contributed by atoms with E-state index in [0.29, 0.717) is 11.6 Å². The molecule has 1 aliphatic rings. The van der Waals surface area contributed by atoms with Crippen molar-refractivity contribution in [2.24, 2.45) is 0 Å². The number of amides is 2. The van der Waals surface area contributed by atoms with Gasteiger partial charge < -0.3 is 15.4 Å². The number of morpholine rings is 1. The first kappa shape index (κ1) is 17.1. The Labute approximate surface area is 137 Å². The van der Waals surface area contributed by atoms with Crippen LogP contribution in [0.5, 0.6) is 0 Å². The Kier molecular flexibility index (Phi) is 6.49. The van der Waals surface area contributed by atoms with Gasteiger partial charge in [-0.25, -0.2) is 4.79 Å². The van der Waals surface area contributed by atoms with Crippen LogP contribution in [-0.4, -0.2) is 49.3 Å². The standard InChI is InChI=1S/C16H24ClN3O2/c1-12-10-20(11-13(2)22-12)9-3-8-18-16(21)19-15-6-4-14(17)5-7-15/h4-7,12-13H,3,8-11H2,1-2H3,(H2,18,19,21). The molecule has 5 nitrogen and oxygen atoms in total. The summed E-state index contributed by atoms with van der Waals surface area (Å²) in [5.41, 5.74) is 0.734. The van der Waals surface area contributed by atoms with Crippen LogP contribution in [0.25, 0.3) is 0 Å². The maximum atomic E-state index is 11.8. The second kappa shape index (κ2) is 8.36. The summed E-state index contributed by atoms with van der Waals surface area (Å²) in [7, 11) is 0. The molecule has 1 aliphatic heterocycles. The molecule has 1 saturated heterocycles. The van der Waals surface area contributed by atoms with Gasteiger partial charge in [0.05, 0.1) is 12.2 Å². The minimum atomic E-state index is -0.189. The van der Waals surface area contributed by atoms with Crippen LogP contribution in [0.2, 0.25) is 5.02 Å². The van der Waals surface area contributed by atoms with Gasteiger partial charge in [-0.15, -0.1) is 0 Å². The van der Waals surface area contributed by atoms with E-state index in [9.17, 15) is 4.79 Å². The monoisotopic (exact) mass is 325 g/mol. The number of anilines is 1. The molecule has 1 aromatic carbocycles. The van der Waals surface area contributed by atoms with Crippen LogP contribution < -0.4 is 10.6 Å². The molecule has 2 rings (SSSR count). The maximum Gasteiger partial charge on any atom is 0.319 e. The Balaban J connectivity index is 1.62. The Morgan fingerprint density at radius 2 is 1.91 bits per heavy atom. The average molecular weight is 326 g/mol. The van der Waals surface area contributed by atoms with Crippen LogP contribution in [0.3, 0.4) is 0 Å². The molecule has 122 valence electrons. The number of carbonyl (C=O) groups is 1. The van der Waals surface area contributed by atoms with Gasteiger partial charge in [0.15, 0.2) is 0 Å². The topological polar surface area (TPSA) is 53.6 Å². The molecule has 0 aromatic heterocycles. The molecule has 2 unspecified atom stereocenters. The van der Waals surface area contributed by atoms with Gasteiger partial charge in [-0.3, -0.25) is 4.90 Å². The Morgan fingerprint density at radius 1 is 1.27 bits per heavy atom. The molecule has 0 saturated carbocycles. The van der Waals surface area contributed by atoms with Gasteiger partial charge in [0.25, 0.3) is 0 Å². The molecule has 0 aliphatic carbocycles. The zero-order chi connectivity index (χ0) is 15.9. The number of hydrogen-bond donors (Lipinski definition) is 2. The van der Waals surface area contributed by atoms with Crippen LogP contribution >= 0.6 is 11.6 Å². The first-order valence-corrected chi connectivity index (χ1v) is 8.09. The van der Waals surface area contributed by atoms with Crippen molar-refractivity contribution in [2.45, 2.75) is 32.5 Å². The lowest BCUT2D eigenvalue weighted by Gasteiger charge is -2.35. The smallest absolute Gasteiger partial charge is 0.319 e. The summed E-state index contributed by atoms with van der Waals surface area (Å²) >= 11 is 5.80.